The molecule has 1 aromatic rings. The fraction of sp³-hybridized carbons (Fsp3) is 0.619. The van der Waals surface area contributed by atoms with Crippen molar-refractivity contribution in [1.82, 2.24) is 4.90 Å². The molecular weight excluding hydrogens is 360 g/mol. The fourth-order valence-electron chi connectivity index (χ4n) is 3.65. The van der Waals surface area contributed by atoms with Crippen LogP contribution in [0.25, 0.3) is 0 Å². The van der Waals surface area contributed by atoms with Crippen LogP contribution in [0.3, 0.4) is 0 Å². The molecule has 1 heterocycles. The molecule has 0 spiro atoms. The van der Waals surface area contributed by atoms with Crippen molar-refractivity contribution < 1.29 is 24.1 Å². The summed E-state index contributed by atoms with van der Waals surface area (Å²) in [6, 6.07) is 3.47. The summed E-state index contributed by atoms with van der Waals surface area (Å²) in [5.41, 5.74) is 0.185. The van der Waals surface area contributed by atoms with Gasteiger partial charge in [0.05, 0.1) is 32.4 Å². The molecule has 1 amide bonds. The Hall–Kier alpha value is -2.44. The molecule has 7 nitrogen and oxygen atoms in total. The van der Waals surface area contributed by atoms with Crippen LogP contribution in [0.4, 0.5) is 4.79 Å². The van der Waals surface area contributed by atoms with Crippen molar-refractivity contribution in [2.24, 2.45) is 10.4 Å². The standard InChI is InChI=1S/C21H32N2O5/c1-20(2,3)18-12-21(4,8-9-23(18)19(24)25)22-13-15-16(27-6)10-14(26-5)11-17(15)28-7/h10-11,13,18H,8-9,12H2,1-7H3,(H,24,25). The van der Waals surface area contributed by atoms with Crippen molar-refractivity contribution in [3.05, 3.63) is 17.7 Å². The van der Waals surface area contributed by atoms with Gasteiger partial charge in [-0.25, -0.2) is 4.79 Å². The fourth-order valence-corrected chi connectivity index (χ4v) is 3.65. The number of hydrogen-bond donors (Lipinski definition) is 1. The highest BCUT2D eigenvalue weighted by Gasteiger charge is 2.43. The molecule has 1 saturated heterocycles. The second kappa shape index (κ2) is 8.29. The van der Waals surface area contributed by atoms with Crippen LogP contribution >= 0.6 is 0 Å². The summed E-state index contributed by atoms with van der Waals surface area (Å²) in [5, 5.41) is 9.58. The zero-order valence-electron chi connectivity index (χ0n) is 17.9. The van der Waals surface area contributed by atoms with Crippen LogP contribution in [0.1, 0.15) is 46.1 Å². The number of rotatable bonds is 5. The van der Waals surface area contributed by atoms with Crippen molar-refractivity contribution in [2.75, 3.05) is 27.9 Å². The molecular formula is C21H32N2O5. The van der Waals surface area contributed by atoms with E-state index in [2.05, 4.69) is 27.7 Å². The van der Waals surface area contributed by atoms with E-state index in [1.165, 1.54) is 0 Å². The average Bonchev–Trinajstić information content (AvgIpc) is 2.64. The van der Waals surface area contributed by atoms with Gasteiger partial charge in [-0.3, -0.25) is 4.99 Å². The SMILES string of the molecule is COc1cc(OC)c(C=NC2(C)CCN(C(=O)O)C(C(C)(C)C)C2)c(OC)c1. The monoisotopic (exact) mass is 392 g/mol. The van der Waals surface area contributed by atoms with E-state index in [0.29, 0.717) is 36.6 Å². The highest BCUT2D eigenvalue weighted by Crippen LogP contribution is 2.39. The number of methoxy groups -OCH3 is 3. The van der Waals surface area contributed by atoms with Crippen molar-refractivity contribution >= 4 is 12.3 Å². The lowest BCUT2D eigenvalue weighted by molar-refractivity contribution is 0.0368. The number of hydrogen-bond acceptors (Lipinski definition) is 5. The maximum atomic E-state index is 11.7. The second-order valence-electron chi connectivity index (χ2n) is 8.51. The molecule has 28 heavy (non-hydrogen) atoms. The maximum absolute atomic E-state index is 11.7. The molecule has 0 aliphatic carbocycles. The van der Waals surface area contributed by atoms with E-state index >= 15 is 0 Å². The van der Waals surface area contributed by atoms with Gasteiger partial charge in [-0.1, -0.05) is 20.8 Å². The largest absolute Gasteiger partial charge is 0.496 e. The minimum absolute atomic E-state index is 0.111. The molecule has 2 rings (SSSR count). The molecule has 0 radical (unpaired) electrons. The Balaban J connectivity index is 2.36. The minimum Gasteiger partial charge on any atom is -0.496 e. The number of likely N-dealkylation sites (tertiary alicyclic amines) is 1. The van der Waals surface area contributed by atoms with E-state index in [4.69, 9.17) is 19.2 Å². The van der Waals surface area contributed by atoms with Crippen molar-refractivity contribution in [2.45, 2.75) is 52.1 Å². The number of nitrogens with zero attached hydrogens (tertiary/aromatic N) is 2. The summed E-state index contributed by atoms with van der Waals surface area (Å²) in [6.07, 6.45) is 2.21. The second-order valence-corrected chi connectivity index (χ2v) is 8.51. The maximum Gasteiger partial charge on any atom is 0.407 e. The van der Waals surface area contributed by atoms with Gasteiger partial charge in [-0.2, -0.15) is 0 Å². The third kappa shape index (κ3) is 4.69. The van der Waals surface area contributed by atoms with E-state index in [1.54, 1.807) is 44.6 Å². The lowest BCUT2D eigenvalue weighted by atomic mass is 9.74. The van der Waals surface area contributed by atoms with Crippen LogP contribution < -0.4 is 14.2 Å². The molecule has 1 fully saturated rings. The summed E-state index contributed by atoms with van der Waals surface area (Å²) < 4.78 is 16.3. The van der Waals surface area contributed by atoms with Crippen LogP contribution in [0.5, 0.6) is 17.2 Å². The van der Waals surface area contributed by atoms with Gasteiger partial charge in [0.25, 0.3) is 0 Å². The predicted octanol–water partition coefficient (Wildman–Crippen LogP) is 4.08. The Labute approximate surface area is 167 Å². The summed E-state index contributed by atoms with van der Waals surface area (Å²) >= 11 is 0. The van der Waals surface area contributed by atoms with Gasteiger partial charge in [-0.05, 0) is 25.2 Å². The van der Waals surface area contributed by atoms with Gasteiger partial charge in [-0.15, -0.1) is 0 Å². The molecule has 0 saturated carbocycles. The number of amides is 1. The van der Waals surface area contributed by atoms with Crippen molar-refractivity contribution in [3.63, 3.8) is 0 Å². The number of carboxylic acid groups (broad SMARTS) is 1. The quantitative estimate of drug-likeness (QED) is 0.764. The molecule has 1 aliphatic rings. The Morgan fingerprint density at radius 3 is 2.21 bits per heavy atom. The van der Waals surface area contributed by atoms with Crippen LogP contribution in [0.2, 0.25) is 0 Å². The van der Waals surface area contributed by atoms with Gasteiger partial charge in [0.2, 0.25) is 0 Å². The molecule has 7 heteroatoms. The van der Waals surface area contributed by atoms with Crippen LogP contribution in [0.15, 0.2) is 17.1 Å². The van der Waals surface area contributed by atoms with E-state index in [0.717, 1.165) is 5.56 Å². The Kier molecular flexibility index (Phi) is 6.47. The van der Waals surface area contributed by atoms with Gasteiger partial charge >= 0.3 is 6.09 Å². The van der Waals surface area contributed by atoms with E-state index in [-0.39, 0.29) is 17.0 Å². The lowest BCUT2D eigenvalue weighted by Crippen LogP contribution is -2.55. The van der Waals surface area contributed by atoms with E-state index < -0.39 is 6.09 Å². The highest BCUT2D eigenvalue weighted by molar-refractivity contribution is 5.88. The first-order valence-corrected chi connectivity index (χ1v) is 9.39. The third-order valence-electron chi connectivity index (χ3n) is 5.40. The normalized spacial score (nSPS) is 23.0. The molecule has 156 valence electrons. The molecule has 1 N–H and O–H groups in total. The Morgan fingerprint density at radius 1 is 1.21 bits per heavy atom. The third-order valence-corrected chi connectivity index (χ3v) is 5.40. The first kappa shape index (κ1) is 21.9. The van der Waals surface area contributed by atoms with Crippen LogP contribution in [-0.4, -0.2) is 61.8 Å². The lowest BCUT2D eigenvalue weighted by Gasteiger charge is -2.47. The number of carbonyl (C=O) groups is 1. The smallest absolute Gasteiger partial charge is 0.407 e. The topological polar surface area (TPSA) is 80.6 Å². The van der Waals surface area contributed by atoms with Crippen LogP contribution in [-0.2, 0) is 0 Å². The summed E-state index contributed by atoms with van der Waals surface area (Å²) in [7, 11) is 4.77. The molecule has 2 unspecified atom stereocenters. The van der Waals surface area contributed by atoms with Gasteiger partial charge in [0.15, 0.2) is 0 Å². The summed E-state index contributed by atoms with van der Waals surface area (Å²) in [6.45, 7) is 8.74. The van der Waals surface area contributed by atoms with Crippen molar-refractivity contribution in [3.8, 4) is 17.2 Å². The molecule has 0 bridgehead atoms. The molecule has 0 aromatic heterocycles. The van der Waals surface area contributed by atoms with E-state index in [1.807, 2.05) is 0 Å². The molecule has 1 aliphatic heterocycles. The number of piperidine rings is 1. The first-order chi connectivity index (χ1) is 13.0. The Morgan fingerprint density at radius 2 is 1.79 bits per heavy atom. The van der Waals surface area contributed by atoms with Gasteiger partial charge < -0.3 is 24.2 Å². The number of benzene rings is 1. The highest BCUT2D eigenvalue weighted by atomic mass is 16.5. The van der Waals surface area contributed by atoms with Gasteiger partial charge in [0, 0.05) is 30.9 Å². The zero-order valence-corrected chi connectivity index (χ0v) is 17.9. The van der Waals surface area contributed by atoms with Crippen molar-refractivity contribution in [1.29, 1.82) is 0 Å². The molecule has 2 atom stereocenters. The predicted molar refractivity (Wildman–Crippen MR) is 109 cm³/mol. The average molecular weight is 392 g/mol. The minimum atomic E-state index is -0.871. The summed E-state index contributed by atoms with van der Waals surface area (Å²) in [5.74, 6) is 1.86. The number of ether oxygens (including phenoxy) is 3. The Bertz CT molecular complexity index is 716. The van der Waals surface area contributed by atoms with Crippen LogP contribution in [0, 0.1) is 5.41 Å². The molecule has 1 aromatic carbocycles. The zero-order chi connectivity index (χ0) is 21.1. The number of aliphatic imine (C=N–C) groups is 1. The first-order valence-electron chi connectivity index (χ1n) is 9.39. The van der Waals surface area contributed by atoms with Gasteiger partial charge in [0.1, 0.15) is 17.2 Å². The summed E-state index contributed by atoms with van der Waals surface area (Å²) in [4.78, 5) is 18.1. The van der Waals surface area contributed by atoms with E-state index in [9.17, 15) is 9.90 Å².